The number of aromatic nitrogens is 3. The second-order valence-corrected chi connectivity index (χ2v) is 7.13. The molecule has 0 bridgehead atoms. The van der Waals surface area contributed by atoms with Crippen LogP contribution in [0.15, 0.2) is 54.6 Å². The maximum atomic E-state index is 14.3. The van der Waals surface area contributed by atoms with Gasteiger partial charge in [0.2, 0.25) is 5.82 Å². The maximum absolute atomic E-state index is 14.3. The van der Waals surface area contributed by atoms with Crippen LogP contribution in [0.5, 0.6) is 0 Å². The minimum absolute atomic E-state index is 0.0315. The molecule has 152 valence electrons. The van der Waals surface area contributed by atoms with Crippen LogP contribution in [-0.2, 0) is 6.42 Å². The summed E-state index contributed by atoms with van der Waals surface area (Å²) in [5.74, 6) is -0.159. The van der Waals surface area contributed by atoms with E-state index in [4.69, 9.17) is 5.73 Å². The molecule has 0 radical (unpaired) electrons. The highest BCUT2D eigenvalue weighted by atomic mass is 19.1. The Bertz CT molecular complexity index is 955. The monoisotopic (exact) mass is 395 g/mol. The number of hydrogen-bond donors (Lipinski definition) is 1. The van der Waals surface area contributed by atoms with Crippen molar-refractivity contribution >= 4 is 5.91 Å². The zero-order valence-corrected chi connectivity index (χ0v) is 16.8. The van der Waals surface area contributed by atoms with Gasteiger partial charge in [0.05, 0.1) is 0 Å². The van der Waals surface area contributed by atoms with Gasteiger partial charge in [0, 0.05) is 25.6 Å². The summed E-state index contributed by atoms with van der Waals surface area (Å²) in [7, 11) is 0. The first-order valence-corrected chi connectivity index (χ1v) is 9.76. The van der Waals surface area contributed by atoms with Crippen molar-refractivity contribution in [3.63, 3.8) is 0 Å². The van der Waals surface area contributed by atoms with Gasteiger partial charge in [-0.3, -0.25) is 4.79 Å². The number of rotatable bonds is 8. The van der Waals surface area contributed by atoms with Gasteiger partial charge >= 0.3 is 0 Å². The van der Waals surface area contributed by atoms with Gasteiger partial charge in [-0.2, -0.15) is 0 Å². The first kappa shape index (κ1) is 20.7. The topological polar surface area (TPSA) is 77.0 Å². The molecule has 0 fully saturated rings. The lowest BCUT2D eigenvalue weighted by Gasteiger charge is -2.20. The summed E-state index contributed by atoms with van der Waals surface area (Å²) in [4.78, 5) is 19.2. The predicted molar refractivity (Wildman–Crippen MR) is 111 cm³/mol. The third-order valence-corrected chi connectivity index (χ3v) is 4.62. The van der Waals surface area contributed by atoms with Crippen LogP contribution in [0, 0.1) is 5.82 Å². The third-order valence-electron chi connectivity index (χ3n) is 4.62. The first-order chi connectivity index (χ1) is 14.0. The molecule has 0 saturated heterocycles. The molecule has 0 spiro atoms. The van der Waals surface area contributed by atoms with Gasteiger partial charge in [-0.05, 0) is 24.1 Å². The van der Waals surface area contributed by atoms with Gasteiger partial charge in [-0.25, -0.2) is 14.1 Å². The van der Waals surface area contributed by atoms with Crippen molar-refractivity contribution in [3.8, 4) is 5.69 Å². The SMILES string of the molecule is CC(C)c1nc(C(=O)N(CCN)CCc2ccccc2)nn1-c1ccccc1F. The number of para-hydroxylation sites is 1. The highest BCUT2D eigenvalue weighted by Crippen LogP contribution is 2.20. The first-order valence-electron chi connectivity index (χ1n) is 9.76. The quantitative estimate of drug-likeness (QED) is 0.636. The zero-order chi connectivity index (χ0) is 20.8. The Morgan fingerprint density at radius 2 is 1.79 bits per heavy atom. The van der Waals surface area contributed by atoms with E-state index >= 15 is 0 Å². The standard InChI is InChI=1S/C22H26FN5O/c1-16(2)21-25-20(26-28(21)19-11-7-6-10-18(19)23)22(29)27(15-13-24)14-12-17-8-4-3-5-9-17/h3-11,16H,12-15,24H2,1-2H3. The summed E-state index contributed by atoms with van der Waals surface area (Å²) < 4.78 is 15.7. The van der Waals surface area contributed by atoms with E-state index in [1.807, 2.05) is 44.2 Å². The highest BCUT2D eigenvalue weighted by Gasteiger charge is 2.24. The number of halogens is 1. The second-order valence-electron chi connectivity index (χ2n) is 7.13. The predicted octanol–water partition coefficient (Wildman–Crippen LogP) is 3.17. The average molecular weight is 395 g/mol. The minimum Gasteiger partial charge on any atom is -0.334 e. The van der Waals surface area contributed by atoms with Gasteiger partial charge in [0.15, 0.2) is 0 Å². The van der Waals surface area contributed by atoms with Crippen molar-refractivity contribution in [2.24, 2.45) is 5.73 Å². The highest BCUT2D eigenvalue weighted by molar-refractivity contribution is 5.90. The second kappa shape index (κ2) is 9.43. The summed E-state index contributed by atoms with van der Waals surface area (Å²) in [6.07, 6.45) is 0.706. The normalized spacial score (nSPS) is 11.1. The van der Waals surface area contributed by atoms with Crippen LogP contribution < -0.4 is 5.73 Å². The molecule has 3 rings (SSSR count). The van der Waals surface area contributed by atoms with Crippen molar-refractivity contribution in [1.29, 1.82) is 0 Å². The smallest absolute Gasteiger partial charge is 0.293 e. The Hall–Kier alpha value is -3.06. The largest absolute Gasteiger partial charge is 0.334 e. The minimum atomic E-state index is -0.416. The van der Waals surface area contributed by atoms with E-state index in [0.29, 0.717) is 31.9 Å². The Morgan fingerprint density at radius 1 is 1.10 bits per heavy atom. The van der Waals surface area contributed by atoms with E-state index in [9.17, 15) is 9.18 Å². The molecular weight excluding hydrogens is 369 g/mol. The van der Waals surface area contributed by atoms with Gasteiger partial charge < -0.3 is 10.6 Å². The van der Waals surface area contributed by atoms with Crippen LogP contribution in [0.1, 0.15) is 41.8 Å². The van der Waals surface area contributed by atoms with E-state index in [0.717, 1.165) is 5.56 Å². The van der Waals surface area contributed by atoms with E-state index in [-0.39, 0.29) is 23.3 Å². The van der Waals surface area contributed by atoms with Gasteiger partial charge in [-0.15, -0.1) is 5.10 Å². The van der Waals surface area contributed by atoms with Crippen molar-refractivity contribution < 1.29 is 9.18 Å². The molecule has 2 aromatic carbocycles. The molecule has 6 nitrogen and oxygen atoms in total. The number of amides is 1. The van der Waals surface area contributed by atoms with E-state index in [2.05, 4.69) is 10.1 Å². The molecule has 0 unspecified atom stereocenters. The molecule has 0 aliphatic heterocycles. The molecule has 3 aromatic rings. The van der Waals surface area contributed by atoms with E-state index in [1.165, 1.54) is 10.7 Å². The summed E-state index contributed by atoms with van der Waals surface area (Å²) in [6, 6.07) is 16.3. The average Bonchev–Trinajstić information content (AvgIpc) is 3.17. The Balaban J connectivity index is 1.88. The molecule has 1 aromatic heterocycles. The Kier molecular flexibility index (Phi) is 6.72. The molecule has 7 heteroatoms. The lowest BCUT2D eigenvalue weighted by Crippen LogP contribution is -2.37. The molecule has 29 heavy (non-hydrogen) atoms. The molecule has 0 aliphatic rings. The molecule has 2 N–H and O–H groups in total. The summed E-state index contributed by atoms with van der Waals surface area (Å²) in [5.41, 5.74) is 7.13. The van der Waals surface area contributed by atoms with Crippen LogP contribution in [0.25, 0.3) is 5.69 Å². The fourth-order valence-corrected chi connectivity index (χ4v) is 3.11. The number of carbonyl (C=O) groups is 1. The number of nitrogens with zero attached hydrogens (tertiary/aromatic N) is 4. The maximum Gasteiger partial charge on any atom is 0.293 e. The van der Waals surface area contributed by atoms with E-state index < -0.39 is 5.82 Å². The van der Waals surface area contributed by atoms with Crippen molar-refractivity contribution in [2.45, 2.75) is 26.2 Å². The number of hydrogen-bond acceptors (Lipinski definition) is 4. The van der Waals surface area contributed by atoms with Crippen LogP contribution in [0.4, 0.5) is 4.39 Å². The molecule has 0 atom stereocenters. The molecule has 0 aliphatic carbocycles. The molecule has 1 heterocycles. The van der Waals surface area contributed by atoms with Gasteiger partial charge in [-0.1, -0.05) is 56.3 Å². The fourth-order valence-electron chi connectivity index (χ4n) is 3.11. The van der Waals surface area contributed by atoms with Crippen LogP contribution in [-0.4, -0.2) is 45.2 Å². The number of nitrogens with two attached hydrogens (primary N) is 1. The van der Waals surface area contributed by atoms with E-state index in [1.54, 1.807) is 23.1 Å². The Morgan fingerprint density at radius 3 is 2.45 bits per heavy atom. The van der Waals surface area contributed by atoms with Crippen molar-refractivity contribution in [3.05, 3.63) is 77.6 Å². The zero-order valence-electron chi connectivity index (χ0n) is 16.8. The number of carbonyl (C=O) groups excluding carboxylic acids is 1. The molecular formula is C22H26FN5O. The number of benzene rings is 2. The lowest BCUT2D eigenvalue weighted by atomic mass is 10.1. The lowest BCUT2D eigenvalue weighted by molar-refractivity contribution is 0.0750. The fraction of sp³-hybridized carbons (Fsp3) is 0.318. The van der Waals surface area contributed by atoms with Crippen LogP contribution in [0.2, 0.25) is 0 Å². The van der Waals surface area contributed by atoms with Crippen molar-refractivity contribution in [2.75, 3.05) is 19.6 Å². The Labute approximate surface area is 170 Å². The van der Waals surface area contributed by atoms with Gasteiger partial charge in [0.1, 0.15) is 17.3 Å². The molecule has 1 amide bonds. The summed E-state index contributed by atoms with van der Waals surface area (Å²) in [5, 5.41) is 4.35. The van der Waals surface area contributed by atoms with Crippen LogP contribution >= 0.6 is 0 Å². The van der Waals surface area contributed by atoms with Crippen molar-refractivity contribution in [1.82, 2.24) is 19.7 Å². The summed E-state index contributed by atoms with van der Waals surface area (Å²) >= 11 is 0. The molecule has 0 saturated carbocycles. The van der Waals surface area contributed by atoms with Gasteiger partial charge in [0.25, 0.3) is 5.91 Å². The third kappa shape index (κ3) is 4.86. The van der Waals surface area contributed by atoms with Crippen LogP contribution in [0.3, 0.4) is 0 Å². The summed E-state index contributed by atoms with van der Waals surface area (Å²) in [6.45, 7) is 5.11.